The average Bonchev–Trinajstić information content (AvgIpc) is 2.79. The number of ether oxygens (including phenoxy) is 1. The van der Waals surface area contributed by atoms with E-state index in [0.29, 0.717) is 26.1 Å². The second-order valence-electron chi connectivity index (χ2n) is 5.37. The Morgan fingerprint density at radius 2 is 2.11 bits per heavy atom. The smallest absolute Gasteiger partial charge is 0.113 e. The van der Waals surface area contributed by atoms with E-state index in [1.165, 1.54) is 5.56 Å². The molecule has 0 saturated carbocycles. The number of nitriles is 1. The standard InChI is InChI=1S/C15H17NO2/c16-10-14(7-3-9-18-11-14)15(17)8-6-12-4-1-2-5-13(12)15/h1-2,4-5,17H,3,6-9,11H2. The molecule has 1 heterocycles. The molecule has 0 aromatic heterocycles. The summed E-state index contributed by atoms with van der Waals surface area (Å²) in [5.74, 6) is 0. The van der Waals surface area contributed by atoms with Crippen LogP contribution in [0.3, 0.4) is 0 Å². The van der Waals surface area contributed by atoms with E-state index >= 15 is 0 Å². The van der Waals surface area contributed by atoms with Gasteiger partial charge in [0.2, 0.25) is 0 Å². The molecule has 1 aliphatic heterocycles. The second kappa shape index (κ2) is 4.08. The van der Waals surface area contributed by atoms with Crippen molar-refractivity contribution in [3.8, 4) is 6.07 Å². The molecule has 2 aliphatic rings. The van der Waals surface area contributed by atoms with Crippen LogP contribution < -0.4 is 0 Å². The van der Waals surface area contributed by atoms with Gasteiger partial charge in [-0.2, -0.15) is 5.26 Å². The molecule has 0 amide bonds. The highest BCUT2D eigenvalue weighted by Gasteiger charge is 2.55. The van der Waals surface area contributed by atoms with Gasteiger partial charge in [0.15, 0.2) is 0 Å². The zero-order valence-corrected chi connectivity index (χ0v) is 10.4. The van der Waals surface area contributed by atoms with Gasteiger partial charge in [-0.3, -0.25) is 0 Å². The highest BCUT2D eigenvalue weighted by molar-refractivity contribution is 5.41. The van der Waals surface area contributed by atoms with Crippen LogP contribution in [0.2, 0.25) is 0 Å². The zero-order chi connectivity index (χ0) is 12.6. The van der Waals surface area contributed by atoms with Gasteiger partial charge in [-0.05, 0) is 36.8 Å². The van der Waals surface area contributed by atoms with Crippen molar-refractivity contribution in [3.05, 3.63) is 35.4 Å². The number of aliphatic hydroxyl groups is 1. The van der Waals surface area contributed by atoms with Gasteiger partial charge >= 0.3 is 0 Å². The molecule has 1 aliphatic carbocycles. The summed E-state index contributed by atoms with van der Waals surface area (Å²) in [6, 6.07) is 10.3. The molecule has 18 heavy (non-hydrogen) atoms. The third-order valence-electron chi connectivity index (χ3n) is 4.47. The molecule has 1 aromatic rings. The van der Waals surface area contributed by atoms with E-state index in [-0.39, 0.29) is 0 Å². The topological polar surface area (TPSA) is 53.2 Å². The summed E-state index contributed by atoms with van der Waals surface area (Å²) in [6.45, 7) is 1.04. The molecule has 1 N–H and O–H groups in total. The van der Waals surface area contributed by atoms with E-state index in [9.17, 15) is 10.4 Å². The predicted molar refractivity (Wildman–Crippen MR) is 66.8 cm³/mol. The molecule has 3 heteroatoms. The summed E-state index contributed by atoms with van der Waals surface area (Å²) >= 11 is 0. The van der Waals surface area contributed by atoms with Gasteiger partial charge in [-0.1, -0.05) is 24.3 Å². The van der Waals surface area contributed by atoms with Crippen LogP contribution >= 0.6 is 0 Å². The van der Waals surface area contributed by atoms with E-state index in [4.69, 9.17) is 4.74 Å². The first-order chi connectivity index (χ1) is 8.72. The van der Waals surface area contributed by atoms with Crippen molar-refractivity contribution >= 4 is 0 Å². The Hall–Kier alpha value is -1.37. The van der Waals surface area contributed by atoms with E-state index in [0.717, 1.165) is 18.4 Å². The molecular weight excluding hydrogens is 226 g/mol. The van der Waals surface area contributed by atoms with Gasteiger partial charge in [0.1, 0.15) is 11.0 Å². The molecule has 2 atom stereocenters. The Balaban J connectivity index is 2.08. The number of hydrogen-bond acceptors (Lipinski definition) is 3. The SMILES string of the molecule is N#CC1(C2(O)CCc3ccccc32)CCCOC1. The number of hydrogen-bond donors (Lipinski definition) is 1. The number of fused-ring (bicyclic) bond motifs is 1. The molecule has 94 valence electrons. The predicted octanol–water partition coefficient (Wildman–Crippen LogP) is 2.14. The fraction of sp³-hybridized carbons (Fsp3) is 0.533. The van der Waals surface area contributed by atoms with Gasteiger partial charge in [-0.15, -0.1) is 0 Å². The quantitative estimate of drug-likeness (QED) is 0.822. The highest BCUT2D eigenvalue weighted by atomic mass is 16.5. The first-order valence-corrected chi connectivity index (χ1v) is 6.52. The third kappa shape index (κ3) is 1.43. The molecule has 0 spiro atoms. The number of benzene rings is 1. The molecular formula is C15H17NO2. The Morgan fingerprint density at radius 3 is 2.83 bits per heavy atom. The minimum absolute atomic E-state index is 0.342. The third-order valence-corrected chi connectivity index (χ3v) is 4.47. The van der Waals surface area contributed by atoms with Crippen LogP contribution in [0, 0.1) is 16.7 Å². The van der Waals surface area contributed by atoms with Gasteiger partial charge in [0, 0.05) is 6.61 Å². The monoisotopic (exact) mass is 243 g/mol. The molecule has 3 rings (SSSR count). The molecule has 3 nitrogen and oxygen atoms in total. The highest BCUT2D eigenvalue weighted by Crippen LogP contribution is 2.52. The summed E-state index contributed by atoms with van der Waals surface area (Å²) in [6.07, 6.45) is 3.03. The van der Waals surface area contributed by atoms with Crippen molar-refractivity contribution in [3.63, 3.8) is 0 Å². The molecule has 1 fully saturated rings. The van der Waals surface area contributed by atoms with Crippen LogP contribution in [0.5, 0.6) is 0 Å². The Kier molecular flexibility index (Phi) is 2.65. The van der Waals surface area contributed by atoms with E-state index in [1.54, 1.807) is 0 Å². The van der Waals surface area contributed by atoms with Gasteiger partial charge in [0.05, 0.1) is 12.7 Å². The van der Waals surface area contributed by atoms with Crippen molar-refractivity contribution in [2.75, 3.05) is 13.2 Å². The van der Waals surface area contributed by atoms with Crippen LogP contribution in [0.25, 0.3) is 0 Å². The molecule has 1 aromatic carbocycles. The first kappa shape index (κ1) is 11.7. The van der Waals surface area contributed by atoms with Crippen molar-refractivity contribution in [1.29, 1.82) is 5.26 Å². The molecule has 0 bridgehead atoms. The van der Waals surface area contributed by atoms with Crippen molar-refractivity contribution in [2.24, 2.45) is 5.41 Å². The van der Waals surface area contributed by atoms with E-state index in [1.807, 2.05) is 24.3 Å². The van der Waals surface area contributed by atoms with Crippen molar-refractivity contribution < 1.29 is 9.84 Å². The van der Waals surface area contributed by atoms with Crippen LogP contribution in [0.15, 0.2) is 24.3 Å². The van der Waals surface area contributed by atoms with Crippen molar-refractivity contribution in [2.45, 2.75) is 31.3 Å². The van der Waals surface area contributed by atoms with Crippen LogP contribution in [0.1, 0.15) is 30.4 Å². The molecule has 1 saturated heterocycles. The van der Waals surface area contributed by atoms with Gasteiger partial charge in [-0.25, -0.2) is 0 Å². The van der Waals surface area contributed by atoms with E-state index in [2.05, 4.69) is 6.07 Å². The van der Waals surface area contributed by atoms with Crippen molar-refractivity contribution in [1.82, 2.24) is 0 Å². The maximum Gasteiger partial charge on any atom is 0.113 e. The largest absolute Gasteiger partial charge is 0.383 e. The number of rotatable bonds is 1. The maximum atomic E-state index is 11.1. The summed E-state index contributed by atoms with van der Waals surface area (Å²) in [4.78, 5) is 0. The van der Waals surface area contributed by atoms with Gasteiger partial charge in [0.25, 0.3) is 0 Å². The number of nitrogens with zero attached hydrogens (tertiary/aromatic N) is 1. The lowest BCUT2D eigenvalue weighted by Gasteiger charge is -2.43. The summed E-state index contributed by atoms with van der Waals surface area (Å²) in [7, 11) is 0. The van der Waals surface area contributed by atoms with Crippen LogP contribution in [0.4, 0.5) is 0 Å². The second-order valence-corrected chi connectivity index (χ2v) is 5.37. The summed E-state index contributed by atoms with van der Waals surface area (Å²) in [5.41, 5.74) is 0.272. The average molecular weight is 243 g/mol. The zero-order valence-electron chi connectivity index (χ0n) is 10.4. The molecule has 2 unspecified atom stereocenters. The lowest BCUT2D eigenvalue weighted by Crippen LogP contribution is -2.48. The van der Waals surface area contributed by atoms with Gasteiger partial charge < -0.3 is 9.84 Å². The Morgan fingerprint density at radius 1 is 1.28 bits per heavy atom. The minimum atomic E-state index is -1.04. The maximum absolute atomic E-state index is 11.1. The lowest BCUT2D eigenvalue weighted by molar-refractivity contribution is -0.123. The fourth-order valence-corrected chi connectivity index (χ4v) is 3.39. The van der Waals surface area contributed by atoms with E-state index < -0.39 is 11.0 Å². The first-order valence-electron chi connectivity index (χ1n) is 6.52. The molecule has 0 radical (unpaired) electrons. The van der Waals surface area contributed by atoms with Crippen LogP contribution in [-0.4, -0.2) is 18.3 Å². The normalized spacial score (nSPS) is 34.9. The minimum Gasteiger partial charge on any atom is -0.383 e. The lowest BCUT2D eigenvalue weighted by atomic mass is 9.67. The summed E-state index contributed by atoms with van der Waals surface area (Å²) in [5, 5.41) is 20.7. The van der Waals surface area contributed by atoms with Crippen LogP contribution in [-0.2, 0) is 16.8 Å². The Labute approximate surface area is 107 Å². The fourth-order valence-electron chi connectivity index (χ4n) is 3.39. The summed E-state index contributed by atoms with van der Waals surface area (Å²) < 4.78 is 5.49. The Bertz CT molecular complexity index is 499. The number of aryl methyl sites for hydroxylation is 1.